The summed E-state index contributed by atoms with van der Waals surface area (Å²) < 4.78 is 0. The fourth-order valence-electron chi connectivity index (χ4n) is 3.25. The van der Waals surface area contributed by atoms with Gasteiger partial charge in [-0.2, -0.15) is 0 Å². The minimum Gasteiger partial charge on any atom is -0.378 e. The first-order chi connectivity index (χ1) is 12.6. The van der Waals surface area contributed by atoms with E-state index in [2.05, 4.69) is 17.0 Å². The molecule has 0 aromatic heterocycles. The lowest BCUT2D eigenvalue weighted by Gasteiger charge is -2.16. The van der Waals surface area contributed by atoms with Crippen molar-refractivity contribution < 1.29 is 4.79 Å². The monoisotopic (exact) mass is 340 g/mol. The van der Waals surface area contributed by atoms with Crippen LogP contribution in [0.3, 0.4) is 0 Å². The molecule has 1 aliphatic rings. The number of hydrogen-bond acceptors (Lipinski definition) is 2. The Morgan fingerprint density at radius 3 is 2.15 bits per heavy atom. The second-order valence-electron chi connectivity index (χ2n) is 6.54. The normalized spacial score (nSPS) is 14.6. The first-order valence-electron chi connectivity index (χ1n) is 8.63. The van der Waals surface area contributed by atoms with Gasteiger partial charge >= 0.3 is 0 Å². The molecule has 1 heterocycles. The maximum atomic E-state index is 13.2. The molecular formula is C23H20N2O. The smallest absolute Gasteiger partial charge is 0.263 e. The van der Waals surface area contributed by atoms with Crippen molar-refractivity contribution in [3.05, 3.63) is 90.0 Å². The molecule has 128 valence electrons. The lowest BCUT2D eigenvalue weighted by atomic mass is 10.0. The maximum absolute atomic E-state index is 13.2. The fraction of sp³-hybridized carbons (Fsp3) is 0.0870. The molecule has 0 saturated carbocycles. The molecule has 3 nitrogen and oxygen atoms in total. The molecule has 0 N–H and O–H groups in total. The zero-order valence-electron chi connectivity index (χ0n) is 14.9. The van der Waals surface area contributed by atoms with Crippen molar-refractivity contribution in [2.45, 2.75) is 0 Å². The van der Waals surface area contributed by atoms with Crippen molar-refractivity contribution in [2.75, 3.05) is 23.9 Å². The van der Waals surface area contributed by atoms with Crippen LogP contribution >= 0.6 is 0 Å². The molecule has 3 heteroatoms. The van der Waals surface area contributed by atoms with Crippen LogP contribution in [0, 0.1) is 0 Å². The van der Waals surface area contributed by atoms with Crippen LogP contribution in [0.1, 0.15) is 11.1 Å². The van der Waals surface area contributed by atoms with Gasteiger partial charge in [0.2, 0.25) is 0 Å². The molecular weight excluding hydrogens is 320 g/mol. The summed E-state index contributed by atoms with van der Waals surface area (Å²) >= 11 is 0. The van der Waals surface area contributed by atoms with Crippen molar-refractivity contribution in [3.63, 3.8) is 0 Å². The Labute approximate surface area is 153 Å². The van der Waals surface area contributed by atoms with Crippen molar-refractivity contribution in [1.82, 2.24) is 0 Å². The number of benzene rings is 3. The Kier molecular flexibility index (Phi) is 4.05. The summed E-state index contributed by atoms with van der Waals surface area (Å²) in [5.74, 6) is 0.00841. The third kappa shape index (κ3) is 2.78. The summed E-state index contributed by atoms with van der Waals surface area (Å²) in [5, 5.41) is 0. The Bertz CT molecular complexity index is 973. The maximum Gasteiger partial charge on any atom is 0.263 e. The van der Waals surface area contributed by atoms with Gasteiger partial charge in [0.25, 0.3) is 5.91 Å². The minimum atomic E-state index is 0.00841. The SMILES string of the molecule is CN(C)c1ccc(/C=C2\C(=O)N(c3ccccc3)c3ccccc32)cc1. The molecule has 1 aliphatic heterocycles. The van der Waals surface area contributed by atoms with E-state index in [4.69, 9.17) is 0 Å². The zero-order valence-corrected chi connectivity index (χ0v) is 14.9. The molecule has 0 atom stereocenters. The van der Waals surface area contributed by atoms with E-state index in [1.165, 1.54) is 0 Å². The Hall–Kier alpha value is -3.33. The van der Waals surface area contributed by atoms with Gasteiger partial charge in [0.15, 0.2) is 0 Å². The lowest BCUT2D eigenvalue weighted by Crippen LogP contribution is -2.20. The van der Waals surface area contributed by atoms with Gasteiger partial charge in [0.05, 0.1) is 11.3 Å². The van der Waals surface area contributed by atoms with E-state index in [1.807, 2.05) is 86.9 Å². The number of para-hydroxylation sites is 2. The summed E-state index contributed by atoms with van der Waals surface area (Å²) in [6.07, 6.45) is 1.98. The van der Waals surface area contributed by atoms with Crippen LogP contribution in [0.5, 0.6) is 0 Å². The molecule has 3 aromatic rings. The Morgan fingerprint density at radius 2 is 1.46 bits per heavy atom. The van der Waals surface area contributed by atoms with Gasteiger partial charge in [-0.15, -0.1) is 0 Å². The molecule has 3 aromatic carbocycles. The van der Waals surface area contributed by atoms with E-state index in [0.717, 1.165) is 33.8 Å². The van der Waals surface area contributed by atoms with E-state index in [0.29, 0.717) is 0 Å². The molecule has 0 saturated heterocycles. The molecule has 26 heavy (non-hydrogen) atoms. The molecule has 0 fully saturated rings. The first kappa shape index (κ1) is 16.2. The van der Waals surface area contributed by atoms with Gasteiger partial charge in [0.1, 0.15) is 0 Å². The van der Waals surface area contributed by atoms with Crippen LogP contribution in [-0.4, -0.2) is 20.0 Å². The second kappa shape index (κ2) is 6.52. The van der Waals surface area contributed by atoms with Crippen LogP contribution in [0.4, 0.5) is 17.1 Å². The van der Waals surface area contributed by atoms with E-state index < -0.39 is 0 Å². The predicted molar refractivity (Wildman–Crippen MR) is 109 cm³/mol. The number of anilines is 3. The second-order valence-corrected chi connectivity index (χ2v) is 6.54. The molecule has 4 rings (SSSR count). The van der Waals surface area contributed by atoms with E-state index in [9.17, 15) is 4.79 Å². The minimum absolute atomic E-state index is 0.00841. The molecule has 0 unspecified atom stereocenters. The number of carbonyl (C=O) groups is 1. The van der Waals surface area contributed by atoms with Gasteiger partial charge in [0, 0.05) is 31.0 Å². The number of carbonyl (C=O) groups excluding carboxylic acids is 1. The highest BCUT2D eigenvalue weighted by molar-refractivity contribution is 6.37. The molecule has 0 aliphatic carbocycles. The van der Waals surface area contributed by atoms with Crippen LogP contribution in [0.2, 0.25) is 0 Å². The van der Waals surface area contributed by atoms with Crippen molar-refractivity contribution in [1.29, 1.82) is 0 Å². The van der Waals surface area contributed by atoms with Crippen molar-refractivity contribution in [3.8, 4) is 0 Å². The van der Waals surface area contributed by atoms with Crippen LogP contribution < -0.4 is 9.80 Å². The lowest BCUT2D eigenvalue weighted by molar-refractivity contribution is -0.112. The standard InChI is InChI=1S/C23H20N2O/c1-24(2)18-14-12-17(13-15-18)16-21-20-10-6-7-11-22(20)25(23(21)26)19-8-4-3-5-9-19/h3-16H,1-2H3/b21-16-. The molecule has 0 bridgehead atoms. The highest BCUT2D eigenvalue weighted by Crippen LogP contribution is 2.41. The van der Waals surface area contributed by atoms with E-state index in [1.54, 1.807) is 4.90 Å². The van der Waals surface area contributed by atoms with E-state index >= 15 is 0 Å². The number of hydrogen-bond donors (Lipinski definition) is 0. The average molecular weight is 340 g/mol. The number of fused-ring (bicyclic) bond motifs is 1. The summed E-state index contributed by atoms with van der Waals surface area (Å²) in [6.45, 7) is 0. The van der Waals surface area contributed by atoms with E-state index in [-0.39, 0.29) is 5.91 Å². The van der Waals surface area contributed by atoms with Crippen LogP contribution in [-0.2, 0) is 4.79 Å². The third-order valence-electron chi connectivity index (χ3n) is 4.60. The Morgan fingerprint density at radius 1 is 0.808 bits per heavy atom. The van der Waals surface area contributed by atoms with Gasteiger partial charge in [-0.3, -0.25) is 9.69 Å². The number of rotatable bonds is 3. The highest BCUT2D eigenvalue weighted by Gasteiger charge is 2.32. The van der Waals surface area contributed by atoms with Gasteiger partial charge in [-0.05, 0) is 42.0 Å². The van der Waals surface area contributed by atoms with Crippen LogP contribution in [0.25, 0.3) is 11.6 Å². The third-order valence-corrected chi connectivity index (χ3v) is 4.60. The summed E-state index contributed by atoms with van der Waals surface area (Å²) in [7, 11) is 4.03. The van der Waals surface area contributed by atoms with Gasteiger partial charge in [-0.1, -0.05) is 48.5 Å². The number of amides is 1. The molecule has 0 spiro atoms. The topological polar surface area (TPSA) is 23.6 Å². The van der Waals surface area contributed by atoms with Crippen molar-refractivity contribution in [2.24, 2.45) is 0 Å². The summed E-state index contributed by atoms with van der Waals surface area (Å²) in [5.41, 5.74) is 5.66. The molecule has 0 radical (unpaired) electrons. The summed E-state index contributed by atoms with van der Waals surface area (Å²) in [4.78, 5) is 17.0. The highest BCUT2D eigenvalue weighted by atomic mass is 16.2. The summed E-state index contributed by atoms with van der Waals surface area (Å²) in [6, 6.07) is 25.9. The van der Waals surface area contributed by atoms with Gasteiger partial charge < -0.3 is 4.90 Å². The predicted octanol–water partition coefficient (Wildman–Crippen LogP) is 4.97. The first-order valence-corrected chi connectivity index (χ1v) is 8.63. The van der Waals surface area contributed by atoms with Crippen molar-refractivity contribution >= 4 is 34.6 Å². The van der Waals surface area contributed by atoms with Crippen LogP contribution in [0.15, 0.2) is 78.9 Å². The zero-order chi connectivity index (χ0) is 18.1. The van der Waals surface area contributed by atoms with Gasteiger partial charge in [-0.25, -0.2) is 0 Å². The number of nitrogens with zero attached hydrogens (tertiary/aromatic N) is 2. The quantitative estimate of drug-likeness (QED) is 0.628. The fourth-order valence-corrected chi connectivity index (χ4v) is 3.25. The Balaban J connectivity index is 1.79. The average Bonchev–Trinajstić information content (AvgIpc) is 2.95. The molecule has 1 amide bonds. The largest absolute Gasteiger partial charge is 0.378 e.